The van der Waals surface area contributed by atoms with Gasteiger partial charge in [-0.2, -0.15) is 0 Å². The molecule has 1 heterocycles. The number of hydrogen-bond donors (Lipinski definition) is 2. The van der Waals surface area contributed by atoms with Crippen LogP contribution in [0.25, 0.3) is 5.76 Å². The third-order valence-electron chi connectivity index (χ3n) is 5.96. The van der Waals surface area contributed by atoms with Crippen LogP contribution in [-0.2, 0) is 9.59 Å². The fourth-order valence-electron chi connectivity index (χ4n) is 4.04. The number of nitrogens with zero attached hydrogens (tertiary/aromatic N) is 2. The van der Waals surface area contributed by atoms with E-state index in [2.05, 4.69) is 4.90 Å². The van der Waals surface area contributed by atoms with E-state index in [1.807, 2.05) is 13.8 Å². The number of aromatic hydroxyl groups is 1. The van der Waals surface area contributed by atoms with E-state index < -0.39 is 23.5 Å². The van der Waals surface area contributed by atoms with Gasteiger partial charge in [0.1, 0.15) is 23.0 Å². The SMILES string of the molecule is CCN(CC)CCN1C(=O)C(=O)C(=C(O)c2ccc(OC)cc2O)C1c1cccc(OC)c1. The topological polar surface area (TPSA) is 99.5 Å². The number of likely N-dealkylation sites (N-methyl/N-ethyl adjacent to an activating group) is 1. The summed E-state index contributed by atoms with van der Waals surface area (Å²) in [5.74, 6) is -1.22. The normalized spacial score (nSPS) is 17.6. The molecule has 0 aromatic heterocycles. The number of rotatable bonds is 9. The Balaban J connectivity index is 2.14. The van der Waals surface area contributed by atoms with Gasteiger partial charge in [-0.3, -0.25) is 9.59 Å². The predicted molar refractivity (Wildman–Crippen MR) is 124 cm³/mol. The van der Waals surface area contributed by atoms with E-state index in [9.17, 15) is 19.8 Å². The number of phenolic OH excluding ortho intramolecular Hbond substituents is 1. The number of Topliss-reactive ketones (excluding diaryl/α,β-unsaturated/α-hetero) is 1. The van der Waals surface area contributed by atoms with Crippen molar-refractivity contribution in [2.24, 2.45) is 0 Å². The number of carbonyl (C=O) groups excluding carboxylic acids is 2. The average molecular weight is 455 g/mol. The van der Waals surface area contributed by atoms with Crippen molar-refractivity contribution in [3.8, 4) is 17.2 Å². The number of methoxy groups -OCH3 is 2. The maximum Gasteiger partial charge on any atom is 0.295 e. The Labute approximate surface area is 193 Å². The van der Waals surface area contributed by atoms with Gasteiger partial charge in [0, 0.05) is 19.2 Å². The van der Waals surface area contributed by atoms with Gasteiger partial charge in [-0.15, -0.1) is 0 Å². The summed E-state index contributed by atoms with van der Waals surface area (Å²) in [7, 11) is 2.99. The van der Waals surface area contributed by atoms with Crippen molar-refractivity contribution in [3.63, 3.8) is 0 Å². The number of likely N-dealkylation sites (tertiary alicyclic amines) is 1. The molecule has 33 heavy (non-hydrogen) atoms. The molecule has 8 nitrogen and oxygen atoms in total. The molecule has 1 saturated heterocycles. The molecule has 0 spiro atoms. The Morgan fingerprint density at radius 3 is 2.30 bits per heavy atom. The van der Waals surface area contributed by atoms with E-state index in [1.165, 1.54) is 31.3 Å². The summed E-state index contributed by atoms with van der Waals surface area (Å²) in [5.41, 5.74) is 0.598. The van der Waals surface area contributed by atoms with Gasteiger partial charge in [-0.05, 0) is 42.9 Å². The number of hydrogen-bond acceptors (Lipinski definition) is 7. The maximum atomic E-state index is 13.1. The standard InChI is InChI=1S/C25H30N2O6/c1-5-26(6-2)12-13-27-22(16-8-7-9-17(14-16)32-3)21(24(30)25(27)31)23(29)19-11-10-18(33-4)15-20(19)28/h7-11,14-15,22,28-29H,5-6,12-13H2,1-4H3. The molecule has 2 aromatic rings. The van der Waals surface area contributed by atoms with Gasteiger partial charge < -0.3 is 29.5 Å². The second kappa shape index (κ2) is 10.4. The number of ketones is 1. The molecule has 2 aromatic carbocycles. The van der Waals surface area contributed by atoms with Gasteiger partial charge in [-0.25, -0.2) is 0 Å². The summed E-state index contributed by atoms with van der Waals surface area (Å²) in [6.07, 6.45) is 0. The molecule has 0 aliphatic carbocycles. The average Bonchev–Trinajstić information content (AvgIpc) is 3.09. The first-order chi connectivity index (χ1) is 15.9. The molecule has 8 heteroatoms. The lowest BCUT2D eigenvalue weighted by Gasteiger charge is -2.28. The van der Waals surface area contributed by atoms with Crippen molar-refractivity contribution in [2.45, 2.75) is 19.9 Å². The molecule has 1 amide bonds. The highest BCUT2D eigenvalue weighted by atomic mass is 16.5. The Morgan fingerprint density at radius 2 is 1.70 bits per heavy atom. The van der Waals surface area contributed by atoms with Crippen molar-refractivity contribution in [3.05, 3.63) is 59.2 Å². The van der Waals surface area contributed by atoms with Gasteiger partial charge in [0.25, 0.3) is 11.7 Å². The van der Waals surface area contributed by atoms with Crippen LogP contribution in [0.2, 0.25) is 0 Å². The Morgan fingerprint density at radius 1 is 1.03 bits per heavy atom. The first-order valence-corrected chi connectivity index (χ1v) is 10.9. The number of aliphatic hydroxyl groups is 1. The van der Waals surface area contributed by atoms with Crippen LogP contribution in [0.5, 0.6) is 17.2 Å². The van der Waals surface area contributed by atoms with Gasteiger partial charge >= 0.3 is 0 Å². The molecule has 2 N–H and O–H groups in total. The molecule has 1 aliphatic rings. The molecule has 3 rings (SSSR count). The number of ether oxygens (including phenoxy) is 2. The van der Waals surface area contributed by atoms with Crippen molar-refractivity contribution < 1.29 is 29.3 Å². The molecule has 1 aliphatic heterocycles. The largest absolute Gasteiger partial charge is 0.507 e. The predicted octanol–water partition coefficient (Wildman–Crippen LogP) is 3.17. The minimum atomic E-state index is -0.822. The summed E-state index contributed by atoms with van der Waals surface area (Å²) < 4.78 is 10.4. The molecule has 0 bridgehead atoms. The summed E-state index contributed by atoms with van der Waals surface area (Å²) in [5, 5.41) is 21.6. The number of phenols is 1. The third-order valence-corrected chi connectivity index (χ3v) is 5.96. The van der Waals surface area contributed by atoms with Crippen LogP contribution in [-0.4, -0.2) is 72.1 Å². The van der Waals surface area contributed by atoms with E-state index in [1.54, 1.807) is 30.3 Å². The quantitative estimate of drug-likeness (QED) is 0.341. The van der Waals surface area contributed by atoms with Crippen molar-refractivity contribution in [1.82, 2.24) is 9.80 Å². The van der Waals surface area contributed by atoms with Crippen molar-refractivity contribution >= 4 is 17.4 Å². The third kappa shape index (κ3) is 4.80. The second-order valence-corrected chi connectivity index (χ2v) is 7.68. The zero-order valence-corrected chi connectivity index (χ0v) is 19.4. The fourth-order valence-corrected chi connectivity index (χ4v) is 4.04. The minimum Gasteiger partial charge on any atom is -0.507 e. The van der Waals surface area contributed by atoms with Gasteiger partial charge in [0.05, 0.1) is 31.4 Å². The number of amides is 1. The van der Waals surface area contributed by atoms with Gasteiger partial charge in [0.15, 0.2) is 0 Å². The highest BCUT2D eigenvalue weighted by Gasteiger charge is 2.46. The van der Waals surface area contributed by atoms with Crippen molar-refractivity contribution in [1.29, 1.82) is 0 Å². The first-order valence-electron chi connectivity index (χ1n) is 10.9. The monoisotopic (exact) mass is 454 g/mol. The molecule has 1 unspecified atom stereocenters. The van der Waals surface area contributed by atoms with Crippen LogP contribution in [0.3, 0.4) is 0 Å². The number of benzene rings is 2. The molecule has 0 saturated carbocycles. The summed E-state index contributed by atoms with van der Waals surface area (Å²) in [4.78, 5) is 29.8. The zero-order chi connectivity index (χ0) is 24.1. The van der Waals surface area contributed by atoms with Crippen LogP contribution < -0.4 is 9.47 Å². The van der Waals surface area contributed by atoms with E-state index in [0.717, 1.165) is 13.1 Å². The van der Waals surface area contributed by atoms with Crippen LogP contribution in [0.1, 0.15) is 31.0 Å². The van der Waals surface area contributed by atoms with Crippen molar-refractivity contribution in [2.75, 3.05) is 40.4 Å². The summed E-state index contributed by atoms with van der Waals surface area (Å²) >= 11 is 0. The smallest absolute Gasteiger partial charge is 0.295 e. The lowest BCUT2D eigenvalue weighted by Crippen LogP contribution is -2.38. The molecule has 176 valence electrons. The van der Waals surface area contributed by atoms with E-state index >= 15 is 0 Å². The van der Waals surface area contributed by atoms with Crippen LogP contribution in [0, 0.1) is 0 Å². The summed E-state index contributed by atoms with van der Waals surface area (Å²) in [6, 6.07) is 10.6. The fraction of sp³-hybridized carbons (Fsp3) is 0.360. The Hall–Kier alpha value is -3.52. The maximum absolute atomic E-state index is 13.1. The lowest BCUT2D eigenvalue weighted by atomic mass is 9.94. The van der Waals surface area contributed by atoms with Crippen LogP contribution in [0.4, 0.5) is 0 Å². The highest BCUT2D eigenvalue weighted by molar-refractivity contribution is 6.46. The number of aliphatic hydroxyl groups excluding tert-OH is 1. The molecule has 1 atom stereocenters. The summed E-state index contributed by atoms with van der Waals surface area (Å²) in [6.45, 7) is 6.56. The molecule has 0 radical (unpaired) electrons. The second-order valence-electron chi connectivity index (χ2n) is 7.68. The van der Waals surface area contributed by atoms with Gasteiger partial charge in [0.2, 0.25) is 0 Å². The number of carbonyl (C=O) groups is 2. The van der Waals surface area contributed by atoms with E-state index in [-0.39, 0.29) is 16.9 Å². The Kier molecular flexibility index (Phi) is 7.60. The van der Waals surface area contributed by atoms with Crippen LogP contribution in [0.15, 0.2) is 48.0 Å². The van der Waals surface area contributed by atoms with Gasteiger partial charge in [-0.1, -0.05) is 26.0 Å². The van der Waals surface area contributed by atoms with E-state index in [4.69, 9.17) is 9.47 Å². The molecular formula is C25H30N2O6. The highest BCUT2D eigenvalue weighted by Crippen LogP contribution is 2.41. The Bertz CT molecular complexity index is 1060. The molecular weight excluding hydrogens is 424 g/mol. The lowest BCUT2D eigenvalue weighted by molar-refractivity contribution is -0.140. The molecule has 1 fully saturated rings. The van der Waals surface area contributed by atoms with E-state index in [0.29, 0.717) is 30.2 Å². The minimum absolute atomic E-state index is 0.0467. The zero-order valence-electron chi connectivity index (χ0n) is 19.4. The first kappa shape index (κ1) is 24.1. The van der Waals surface area contributed by atoms with Crippen LogP contribution >= 0.6 is 0 Å².